The van der Waals surface area contributed by atoms with Crippen LogP contribution in [0.5, 0.6) is 0 Å². The Bertz CT molecular complexity index is 4250. The number of carboxylic acid groups (broad SMARTS) is 1. The number of pyridine rings is 2. The predicted octanol–water partition coefficient (Wildman–Crippen LogP) is 11.0. The molecule has 0 bridgehead atoms. The molecule has 0 spiro atoms. The number of amides is 3. The van der Waals surface area contributed by atoms with Crippen LogP contribution in [0.4, 0.5) is 10.5 Å². The number of hydrogen-bond donors (Lipinski definition) is 9. The molecule has 2 saturated carbocycles. The molecule has 2 fully saturated rings. The molecule has 105 heavy (non-hydrogen) atoms. The fourth-order valence-corrected chi connectivity index (χ4v) is 9.83. The van der Waals surface area contributed by atoms with Gasteiger partial charge in [-0.15, -0.1) is 0 Å². The number of aliphatic hydroxyl groups is 2. The summed E-state index contributed by atoms with van der Waals surface area (Å²) in [6, 6.07) is 24.9. The lowest BCUT2D eigenvalue weighted by atomic mass is 9.89. The average molecular weight is 1440 g/mol. The Morgan fingerprint density at radius 1 is 0.552 bits per heavy atom. The first kappa shape index (κ1) is 82.4. The quantitative estimate of drug-likeness (QED) is 0.00385. The van der Waals surface area contributed by atoms with Crippen LogP contribution in [0.15, 0.2) is 110 Å². The van der Waals surface area contributed by atoms with Gasteiger partial charge in [0.2, 0.25) is 12.6 Å². The van der Waals surface area contributed by atoms with Crippen LogP contribution in [0.2, 0.25) is 0 Å². The van der Waals surface area contributed by atoms with Crippen LogP contribution >= 0.6 is 0 Å². The maximum Gasteiger partial charge on any atom is 0.413 e. The van der Waals surface area contributed by atoms with Crippen LogP contribution in [-0.4, -0.2) is 134 Å². The summed E-state index contributed by atoms with van der Waals surface area (Å²) in [6.45, 7) is 23.8. The van der Waals surface area contributed by atoms with E-state index in [1.807, 2.05) is 0 Å². The molecule has 6 aromatic rings. The summed E-state index contributed by atoms with van der Waals surface area (Å²) in [5.41, 5.74) is 9.39. The molecule has 2 heterocycles. The zero-order chi connectivity index (χ0) is 77.5. The van der Waals surface area contributed by atoms with Crippen molar-refractivity contribution < 1.29 is 91.7 Å². The number of nitrogen functional groups attached to an aromatic ring is 1. The van der Waals surface area contributed by atoms with Gasteiger partial charge in [0.1, 0.15) is 17.2 Å². The summed E-state index contributed by atoms with van der Waals surface area (Å²) in [7, 11) is 0. The molecule has 27 nitrogen and oxygen atoms in total. The minimum atomic E-state index is -1.29. The topological polar surface area (TPSA) is 422 Å². The van der Waals surface area contributed by atoms with E-state index in [1.54, 1.807) is 116 Å². The molecule has 556 valence electrons. The van der Waals surface area contributed by atoms with Crippen molar-refractivity contribution in [3.63, 3.8) is 0 Å². The lowest BCUT2D eigenvalue weighted by molar-refractivity contribution is -0.170. The Hall–Kier alpha value is -11.6. The Balaban J connectivity index is 0.000000281. The van der Waals surface area contributed by atoms with Gasteiger partial charge in [-0.1, -0.05) is 77.3 Å². The molecule has 10 N–H and O–H groups in total. The third-order valence-electron chi connectivity index (χ3n) is 15.8. The summed E-state index contributed by atoms with van der Waals surface area (Å²) >= 11 is 0. The largest absolute Gasteiger partial charge is 0.478 e. The van der Waals surface area contributed by atoms with Gasteiger partial charge in [0.05, 0.1) is 49.2 Å². The monoisotopic (exact) mass is 1440 g/mol. The van der Waals surface area contributed by atoms with E-state index in [1.165, 1.54) is 62.4 Å². The van der Waals surface area contributed by atoms with E-state index in [9.17, 15) is 63.3 Å². The van der Waals surface area contributed by atoms with Crippen molar-refractivity contribution in [3.8, 4) is 22.3 Å². The standard InChI is InChI=1S/C40H45N3O9.C27H30N2O8.C11H15N3O2/c1-7-27-17-32(35(45)16-25-10-12-28(13-11-25)33(41)19-36(46)50-23(4)5)31(18-29(27)21-44)30-14-15-34(38(47)42-20-26-8-9-26)43-37(30)40(49)52-24(6)51-39(48)22(2)3;1-5-17-10-21(25(32)33)20(11-18(17)13-30)19-8-9-22(24(31)28-12-16-6-7-16)29-23(19)27(35)37-15(4)36-26(34)14(2)3;1-7(2)16-11(15)14-10(13)8-3-5-9(12)6-4-8/h7,10-15,17-18,22-24,26,41,44H,1,8-9,16,19-21H2,2-6H3,(H,42,47);5,8-11,14-16,30H,1,6-7,12-13H2,2-4H3,(H,28,31)(H,32,33);3-7H,12H2,1-2H3,(H2,13,14,15). The summed E-state index contributed by atoms with van der Waals surface area (Å²) < 4.78 is 31.0. The number of hydrogen-bond acceptors (Lipinski definition) is 23. The van der Waals surface area contributed by atoms with Crippen LogP contribution in [-0.2, 0) is 62.4 Å². The number of nitrogens with zero attached hydrogens (tertiary/aromatic N) is 2. The number of aromatic carboxylic acids is 1. The average Bonchev–Trinajstić information content (AvgIpc) is 1.77. The molecule has 2 aliphatic carbocycles. The molecule has 4 aromatic carbocycles. The summed E-state index contributed by atoms with van der Waals surface area (Å²) in [6.07, 6.45) is 3.05. The number of alkyl carbamates (subject to hydrolysis) is 1. The molecule has 0 radical (unpaired) electrons. The maximum absolute atomic E-state index is 14.1. The second kappa shape index (κ2) is 38.6. The Kier molecular flexibility index (Phi) is 30.3. The number of nitrogens with two attached hydrogens (primary N) is 1. The molecule has 2 aliphatic rings. The van der Waals surface area contributed by atoms with Crippen molar-refractivity contribution in [2.75, 3.05) is 18.8 Å². The molecule has 0 aliphatic heterocycles. The van der Waals surface area contributed by atoms with Crippen LogP contribution in [0.25, 0.3) is 34.4 Å². The molecular formula is C78H90N8O19. The third-order valence-corrected chi connectivity index (χ3v) is 15.8. The van der Waals surface area contributed by atoms with Crippen molar-refractivity contribution >= 4 is 88.9 Å². The third kappa shape index (κ3) is 24.8. The van der Waals surface area contributed by atoms with E-state index in [4.69, 9.17) is 45.0 Å². The number of carbonyl (C=O) groups excluding carboxylic acids is 9. The van der Waals surface area contributed by atoms with Crippen LogP contribution in [0, 0.1) is 34.5 Å². The number of esters is 5. The summed E-state index contributed by atoms with van der Waals surface area (Å²) in [4.78, 5) is 135. The second-order valence-corrected chi connectivity index (χ2v) is 25.9. The lowest BCUT2D eigenvalue weighted by Crippen LogP contribution is -2.32. The minimum Gasteiger partial charge on any atom is -0.478 e. The van der Waals surface area contributed by atoms with Crippen molar-refractivity contribution in [2.45, 2.75) is 146 Å². The van der Waals surface area contributed by atoms with E-state index >= 15 is 0 Å². The number of carbonyl (C=O) groups is 10. The number of ketones is 1. The Labute approximate surface area is 608 Å². The number of Topliss-reactive ketones (excluding diaryl/α,β-unsaturated/α-hetero) is 1. The van der Waals surface area contributed by atoms with E-state index in [0.717, 1.165) is 25.7 Å². The van der Waals surface area contributed by atoms with Gasteiger partial charge in [0, 0.05) is 67.0 Å². The molecule has 2 aromatic heterocycles. The first-order valence-corrected chi connectivity index (χ1v) is 34.0. The van der Waals surface area contributed by atoms with Crippen molar-refractivity contribution in [3.05, 3.63) is 183 Å². The zero-order valence-corrected chi connectivity index (χ0v) is 60.3. The number of amidine groups is 1. The van der Waals surface area contributed by atoms with Gasteiger partial charge in [-0.05, 0) is 183 Å². The minimum absolute atomic E-state index is 0.00866. The fraction of sp³-hybridized carbons (Fsp3) is 0.359. The summed E-state index contributed by atoms with van der Waals surface area (Å²) in [5, 5.41) is 53.7. The van der Waals surface area contributed by atoms with Gasteiger partial charge in [-0.2, -0.15) is 0 Å². The van der Waals surface area contributed by atoms with E-state index in [2.05, 4.69) is 39.1 Å². The van der Waals surface area contributed by atoms with Crippen molar-refractivity contribution in [1.29, 1.82) is 10.8 Å². The molecular weight excluding hydrogens is 1350 g/mol. The van der Waals surface area contributed by atoms with Gasteiger partial charge >= 0.3 is 41.9 Å². The highest BCUT2D eigenvalue weighted by Crippen LogP contribution is 2.35. The molecule has 3 amide bonds. The van der Waals surface area contributed by atoms with Crippen LogP contribution in [0.3, 0.4) is 0 Å². The van der Waals surface area contributed by atoms with Crippen molar-refractivity contribution in [2.24, 2.45) is 23.7 Å². The molecule has 27 heteroatoms. The first-order chi connectivity index (χ1) is 49.7. The van der Waals surface area contributed by atoms with Gasteiger partial charge < -0.3 is 65.5 Å². The zero-order valence-electron chi connectivity index (χ0n) is 60.3. The SMILES string of the molecule is C=Cc1cc(C(=O)Cc2ccc(C(=N)CC(=O)OC(C)C)cc2)c(-c2ccc(C(=O)NCC3CC3)nc2C(=O)OC(C)OC(=O)C(C)C)cc1CO.C=Cc1cc(C(=O)O)c(-c2ccc(C(=O)NCC3CC3)nc2C(=O)OC(C)OC(=O)C(C)C)cc1CO.CC(C)OC(=O)NC(=N)c1ccc(N)cc1. The number of rotatable bonds is 30. The highest BCUT2D eigenvalue weighted by atomic mass is 16.7. The fourth-order valence-electron chi connectivity index (χ4n) is 9.83. The highest BCUT2D eigenvalue weighted by Gasteiger charge is 2.31. The first-order valence-electron chi connectivity index (χ1n) is 34.0. The van der Waals surface area contributed by atoms with Crippen LogP contribution < -0.4 is 21.7 Å². The van der Waals surface area contributed by atoms with Gasteiger partial charge in [-0.3, -0.25) is 39.5 Å². The highest BCUT2D eigenvalue weighted by molar-refractivity contribution is 6.10. The molecule has 8 rings (SSSR count). The van der Waals surface area contributed by atoms with E-state index < -0.39 is 91.4 Å². The van der Waals surface area contributed by atoms with Crippen molar-refractivity contribution in [1.82, 2.24) is 25.9 Å². The maximum atomic E-state index is 14.1. The molecule has 2 atom stereocenters. The van der Waals surface area contributed by atoms with Gasteiger partial charge in [-0.25, -0.2) is 29.1 Å². The number of anilines is 1. The van der Waals surface area contributed by atoms with Crippen LogP contribution in [0.1, 0.15) is 203 Å². The molecule has 2 unspecified atom stereocenters. The number of benzene rings is 4. The lowest BCUT2D eigenvalue weighted by Gasteiger charge is -2.19. The molecule has 0 saturated heterocycles. The van der Waals surface area contributed by atoms with Gasteiger partial charge in [0.25, 0.3) is 11.8 Å². The number of aliphatic hydroxyl groups excluding tert-OH is 2. The summed E-state index contributed by atoms with van der Waals surface area (Å²) in [5.74, 6) is -6.43. The number of aromatic nitrogens is 2. The number of carboxylic acids is 1. The smallest absolute Gasteiger partial charge is 0.413 e. The second-order valence-electron chi connectivity index (χ2n) is 25.9. The predicted molar refractivity (Wildman–Crippen MR) is 390 cm³/mol. The van der Waals surface area contributed by atoms with E-state index in [-0.39, 0.29) is 98.5 Å². The number of ether oxygens (including phenoxy) is 6. The Morgan fingerprint density at radius 2 is 0.981 bits per heavy atom. The normalized spacial score (nSPS) is 12.7. The van der Waals surface area contributed by atoms with E-state index in [0.29, 0.717) is 69.6 Å². The Morgan fingerprint density at radius 3 is 1.38 bits per heavy atom. The number of nitrogens with one attached hydrogen (secondary N) is 5. The van der Waals surface area contributed by atoms with Gasteiger partial charge in [0.15, 0.2) is 17.2 Å².